The van der Waals surface area contributed by atoms with Crippen LogP contribution in [0.2, 0.25) is 0 Å². The molecule has 68 heavy (non-hydrogen) atoms. The van der Waals surface area contributed by atoms with Gasteiger partial charge in [-0.25, -0.2) is 9.59 Å². The van der Waals surface area contributed by atoms with Gasteiger partial charge in [0.2, 0.25) is 0 Å². The normalized spacial score (nSPS) is 10.3. The summed E-state index contributed by atoms with van der Waals surface area (Å²) in [4.78, 5) is 120. The van der Waals surface area contributed by atoms with Crippen LogP contribution in [0.15, 0.2) is 109 Å². The molecule has 0 aliphatic heterocycles. The van der Waals surface area contributed by atoms with Crippen molar-refractivity contribution in [3.8, 4) is 22.3 Å². The number of non-ortho nitro benzene ring substituents is 4. The number of nitro groups is 4. The summed E-state index contributed by atoms with van der Waals surface area (Å²) in [5, 5.41) is 46.4. The van der Waals surface area contributed by atoms with Crippen LogP contribution in [0.3, 0.4) is 0 Å². The summed E-state index contributed by atoms with van der Waals surface area (Å²) in [7, 11) is 0. The molecular weight excluding hydrogens is 889 g/mol. The van der Waals surface area contributed by atoms with Crippen LogP contribution >= 0.6 is 0 Å². The first-order chi connectivity index (χ1) is 32.1. The summed E-state index contributed by atoms with van der Waals surface area (Å²) >= 11 is 0. The molecule has 0 saturated carbocycles. The van der Waals surface area contributed by atoms with E-state index in [1.165, 1.54) is 77.9 Å². The first kappa shape index (κ1) is 51.4. The van der Waals surface area contributed by atoms with Crippen molar-refractivity contribution in [2.75, 3.05) is 13.2 Å². The Labute approximate surface area is 385 Å². The second-order valence-corrected chi connectivity index (χ2v) is 14.6. The molecule has 0 fully saturated rings. The Morgan fingerprint density at radius 2 is 0.662 bits per heavy atom. The maximum atomic E-state index is 14.7. The van der Waals surface area contributed by atoms with E-state index in [1.54, 1.807) is 0 Å². The Morgan fingerprint density at radius 3 is 0.882 bits per heavy atom. The number of carbonyl (C=O) groups is 6. The molecule has 0 radical (unpaired) electrons. The van der Waals surface area contributed by atoms with E-state index in [-0.39, 0.29) is 114 Å². The van der Waals surface area contributed by atoms with Gasteiger partial charge in [0.15, 0.2) is 11.6 Å². The molecule has 6 aromatic carbocycles. The third-order valence-electron chi connectivity index (χ3n) is 9.30. The van der Waals surface area contributed by atoms with Crippen LogP contribution in [-0.2, 0) is 19.1 Å². The first-order valence-electron chi connectivity index (χ1n) is 20.2. The van der Waals surface area contributed by atoms with Crippen molar-refractivity contribution >= 4 is 68.6 Å². The molecule has 348 valence electrons. The molecule has 0 aliphatic rings. The lowest BCUT2D eigenvalue weighted by molar-refractivity contribution is -0.385. The van der Waals surface area contributed by atoms with Gasteiger partial charge in [0.25, 0.3) is 22.7 Å². The zero-order chi connectivity index (χ0) is 50.6. The van der Waals surface area contributed by atoms with Crippen LogP contribution in [0, 0.1) is 40.5 Å². The smallest absolute Gasteiger partial charge is 0.338 e. The number of benzene rings is 6. The van der Waals surface area contributed by atoms with Gasteiger partial charge in [-0.05, 0) is 124 Å². The molecule has 0 aliphatic carbocycles. The van der Waals surface area contributed by atoms with Crippen LogP contribution in [-0.4, -0.2) is 68.0 Å². The maximum absolute atomic E-state index is 14.7. The van der Waals surface area contributed by atoms with Gasteiger partial charge in [-0.1, -0.05) is 0 Å². The number of hydrogen-bond donors (Lipinski definition) is 0. The fourth-order valence-electron chi connectivity index (χ4n) is 6.61. The molecule has 20 heteroatoms. The topological polar surface area (TPSA) is 293 Å². The minimum atomic E-state index is -1.04. The quantitative estimate of drug-likeness (QED) is 0.0424. The third-order valence-corrected chi connectivity index (χ3v) is 9.30. The van der Waals surface area contributed by atoms with Crippen molar-refractivity contribution < 1.29 is 57.9 Å². The minimum absolute atomic E-state index is 0.0128. The van der Waals surface area contributed by atoms with E-state index >= 15 is 0 Å². The summed E-state index contributed by atoms with van der Waals surface area (Å²) in [6, 6.07) is 21.1. The van der Waals surface area contributed by atoms with Crippen molar-refractivity contribution in [2.24, 2.45) is 0 Å². The highest BCUT2D eigenvalue weighted by Crippen LogP contribution is 2.44. The van der Waals surface area contributed by atoms with Gasteiger partial charge in [-0.3, -0.25) is 50.0 Å². The highest BCUT2D eigenvalue weighted by Gasteiger charge is 2.33. The first-order valence-corrected chi connectivity index (χ1v) is 20.2. The standard InChI is InChI=1S/C42H28N4O14.2C3H6O/c1-3-59-41(49)33-21-31-32(35(23-5-13-27(14-6-23)43(51)52)37(33)39(47)25-9-17-29(18-10-25)45(55)56)22-34(42(50)60-4-2)38(36(31)24-7-15-28(16-8-24)44(53)54)40(48)26-11-19-30(20-12-26)46(57)58;2*1-3(2)4/h5-22H,3-4H2,1-2H3;2*1-2H3. The fraction of sp³-hybridized carbons (Fsp3) is 0.167. The van der Waals surface area contributed by atoms with E-state index in [9.17, 15) is 69.2 Å². The Morgan fingerprint density at radius 1 is 0.426 bits per heavy atom. The number of nitrogens with zero attached hydrogens (tertiary/aromatic N) is 4. The maximum Gasteiger partial charge on any atom is 0.338 e. The van der Waals surface area contributed by atoms with E-state index in [0.717, 1.165) is 72.8 Å². The average Bonchev–Trinajstić information content (AvgIpc) is 3.29. The lowest BCUT2D eigenvalue weighted by Crippen LogP contribution is -2.18. The molecule has 20 nitrogen and oxygen atoms in total. The van der Waals surface area contributed by atoms with Crippen molar-refractivity contribution in [3.63, 3.8) is 0 Å². The van der Waals surface area contributed by atoms with Crippen molar-refractivity contribution in [2.45, 2.75) is 41.5 Å². The number of hydrogen-bond acceptors (Lipinski definition) is 16. The highest BCUT2D eigenvalue weighted by molar-refractivity contribution is 6.28. The Hall–Kier alpha value is -9.20. The molecule has 0 atom stereocenters. The van der Waals surface area contributed by atoms with E-state index in [0.29, 0.717) is 0 Å². The Bertz CT molecular complexity index is 2790. The number of fused-ring (bicyclic) bond motifs is 1. The number of esters is 2. The number of carbonyl (C=O) groups excluding carboxylic acids is 6. The number of ketones is 4. The number of nitro benzene ring substituents is 4. The highest BCUT2D eigenvalue weighted by atomic mass is 16.6. The van der Waals surface area contributed by atoms with Crippen molar-refractivity contribution in [1.82, 2.24) is 0 Å². The molecule has 6 aromatic rings. The van der Waals surface area contributed by atoms with Crippen molar-refractivity contribution in [3.05, 3.63) is 183 Å². The molecule has 0 bridgehead atoms. The SMILES string of the molecule is CC(C)=O.CC(C)=O.CCOC(=O)c1cc2c(-c3ccc([N+](=O)[O-])cc3)c(C(=O)c3ccc([N+](=O)[O-])cc3)c(C(=O)OCC)cc2c(-c2ccc([N+](=O)[O-])cc2)c1C(=O)c1ccc([N+](=O)[O-])cc1. The number of ether oxygens (including phenoxy) is 2. The molecule has 0 spiro atoms. The molecule has 0 heterocycles. The van der Waals surface area contributed by atoms with Crippen LogP contribution in [0.4, 0.5) is 22.7 Å². The summed E-state index contributed by atoms with van der Waals surface area (Å²) < 4.78 is 10.8. The van der Waals surface area contributed by atoms with Gasteiger partial charge in [0.1, 0.15) is 11.6 Å². The Kier molecular flexibility index (Phi) is 17.1. The van der Waals surface area contributed by atoms with Gasteiger partial charge < -0.3 is 19.1 Å². The summed E-state index contributed by atoms with van der Waals surface area (Å²) in [5.74, 6) is -3.46. The van der Waals surface area contributed by atoms with E-state index < -0.39 is 43.2 Å². The zero-order valence-corrected chi connectivity index (χ0v) is 37.1. The zero-order valence-electron chi connectivity index (χ0n) is 37.1. The molecule has 0 saturated heterocycles. The second-order valence-electron chi connectivity index (χ2n) is 14.6. The van der Waals surface area contributed by atoms with Crippen LogP contribution in [0.25, 0.3) is 33.0 Å². The molecule has 0 amide bonds. The lowest BCUT2D eigenvalue weighted by Gasteiger charge is -2.22. The van der Waals surface area contributed by atoms with E-state index in [4.69, 9.17) is 9.47 Å². The van der Waals surface area contributed by atoms with Gasteiger partial charge in [0, 0.05) is 81.9 Å². The second kappa shape index (κ2) is 22.6. The predicted molar refractivity (Wildman–Crippen MR) is 246 cm³/mol. The summed E-state index contributed by atoms with van der Waals surface area (Å²) in [6.45, 7) is 8.75. The third kappa shape index (κ3) is 12.1. The molecule has 6 rings (SSSR count). The molecule has 0 unspecified atom stereocenters. The molecule has 0 aromatic heterocycles. The van der Waals surface area contributed by atoms with Crippen molar-refractivity contribution in [1.29, 1.82) is 0 Å². The number of rotatable bonds is 14. The lowest BCUT2D eigenvalue weighted by atomic mass is 9.80. The van der Waals surface area contributed by atoms with Gasteiger partial charge >= 0.3 is 11.9 Å². The Balaban J connectivity index is 0.00000117. The summed E-state index contributed by atoms with van der Waals surface area (Å²) in [6.07, 6.45) is 0. The summed E-state index contributed by atoms with van der Waals surface area (Å²) in [5.41, 5.74) is -3.07. The largest absolute Gasteiger partial charge is 0.462 e. The van der Waals surface area contributed by atoms with Gasteiger partial charge in [-0.15, -0.1) is 0 Å². The monoisotopic (exact) mass is 928 g/mol. The average molecular weight is 929 g/mol. The van der Waals surface area contributed by atoms with Crippen LogP contribution in [0.1, 0.15) is 94.1 Å². The van der Waals surface area contributed by atoms with Crippen LogP contribution < -0.4 is 0 Å². The predicted octanol–water partition coefficient (Wildman–Crippen LogP) is 9.81. The molecule has 0 N–H and O–H groups in total. The van der Waals surface area contributed by atoms with Crippen LogP contribution in [0.5, 0.6) is 0 Å². The van der Waals surface area contributed by atoms with E-state index in [2.05, 4.69) is 0 Å². The number of Topliss-reactive ketones (excluding diaryl/α,β-unsaturated/α-hetero) is 2. The fourth-order valence-corrected chi connectivity index (χ4v) is 6.61. The van der Waals surface area contributed by atoms with Gasteiger partial charge in [-0.2, -0.15) is 0 Å². The minimum Gasteiger partial charge on any atom is -0.462 e. The molecular formula is C48H40N4O16. The van der Waals surface area contributed by atoms with E-state index in [1.807, 2.05) is 0 Å². The van der Waals surface area contributed by atoms with Gasteiger partial charge in [0.05, 0.1) is 44.0 Å².